The van der Waals surface area contributed by atoms with E-state index in [9.17, 15) is 9.90 Å². The van der Waals surface area contributed by atoms with E-state index in [-0.39, 0.29) is 23.2 Å². The first kappa shape index (κ1) is 14.9. The molecule has 0 aliphatic heterocycles. The highest BCUT2D eigenvalue weighted by molar-refractivity contribution is 6.32. The zero-order valence-corrected chi connectivity index (χ0v) is 11.8. The molecule has 2 rings (SSSR count). The Labute approximate surface area is 127 Å². The Hall–Kier alpha value is -2.48. The van der Waals surface area contributed by atoms with Crippen molar-refractivity contribution in [2.24, 2.45) is 5.73 Å². The van der Waals surface area contributed by atoms with Crippen LogP contribution < -0.4 is 11.1 Å². The molecule has 5 heteroatoms. The van der Waals surface area contributed by atoms with Crippen molar-refractivity contribution in [2.75, 3.05) is 11.9 Å². The van der Waals surface area contributed by atoms with Crippen LogP contribution in [0.1, 0.15) is 15.9 Å². The second kappa shape index (κ2) is 6.80. The number of rotatable bonds is 2. The Bertz CT molecular complexity index is 733. The summed E-state index contributed by atoms with van der Waals surface area (Å²) in [5.74, 6) is 5.26. The smallest absolute Gasteiger partial charge is 0.255 e. The Morgan fingerprint density at radius 2 is 2.10 bits per heavy atom. The number of hydrogen-bond donors (Lipinski definition) is 3. The van der Waals surface area contributed by atoms with Gasteiger partial charge in [-0.25, -0.2) is 0 Å². The maximum Gasteiger partial charge on any atom is 0.255 e. The quantitative estimate of drug-likeness (QED) is 0.746. The highest BCUT2D eigenvalue weighted by Crippen LogP contribution is 2.24. The molecule has 0 unspecified atom stereocenters. The van der Waals surface area contributed by atoms with E-state index >= 15 is 0 Å². The summed E-state index contributed by atoms with van der Waals surface area (Å²) in [7, 11) is 0. The maximum atomic E-state index is 12.1. The van der Waals surface area contributed by atoms with E-state index in [1.54, 1.807) is 18.2 Å². The summed E-state index contributed by atoms with van der Waals surface area (Å²) >= 11 is 5.78. The standard InChI is InChI=1S/C16H13ClN2O2/c17-14-10-12(6-7-15(14)20)16(21)19-13-5-1-3-11(9-13)4-2-8-18/h1,3,5-7,9-10,20H,8,18H2,(H,19,21). The van der Waals surface area contributed by atoms with E-state index in [1.165, 1.54) is 18.2 Å². The van der Waals surface area contributed by atoms with Crippen molar-refractivity contribution in [1.82, 2.24) is 0 Å². The molecule has 0 saturated carbocycles. The normalized spacial score (nSPS) is 9.62. The van der Waals surface area contributed by atoms with Gasteiger partial charge in [-0.3, -0.25) is 4.79 Å². The van der Waals surface area contributed by atoms with Crippen LogP contribution in [-0.2, 0) is 0 Å². The average molecular weight is 301 g/mol. The lowest BCUT2D eigenvalue weighted by Gasteiger charge is -2.06. The molecule has 0 aromatic heterocycles. The predicted molar refractivity (Wildman–Crippen MR) is 83.4 cm³/mol. The van der Waals surface area contributed by atoms with Crippen LogP contribution in [0.3, 0.4) is 0 Å². The number of aromatic hydroxyl groups is 1. The monoisotopic (exact) mass is 300 g/mol. The third-order valence-corrected chi connectivity index (χ3v) is 2.97. The molecule has 0 fully saturated rings. The summed E-state index contributed by atoms with van der Waals surface area (Å²) in [6, 6.07) is 11.4. The van der Waals surface area contributed by atoms with Crippen LogP contribution in [0.25, 0.3) is 0 Å². The van der Waals surface area contributed by atoms with Gasteiger partial charge in [0.2, 0.25) is 0 Å². The molecule has 0 spiro atoms. The fourth-order valence-corrected chi connectivity index (χ4v) is 1.86. The van der Waals surface area contributed by atoms with Crippen LogP contribution in [0.4, 0.5) is 5.69 Å². The lowest BCUT2D eigenvalue weighted by molar-refractivity contribution is 0.102. The van der Waals surface area contributed by atoms with Gasteiger partial charge in [0.1, 0.15) is 5.75 Å². The molecule has 4 N–H and O–H groups in total. The molecule has 1 amide bonds. The molecule has 0 heterocycles. The number of anilines is 1. The summed E-state index contributed by atoms with van der Waals surface area (Å²) in [6.45, 7) is 0.280. The second-order valence-corrected chi connectivity index (χ2v) is 4.61. The molecule has 0 aliphatic carbocycles. The zero-order valence-electron chi connectivity index (χ0n) is 11.1. The van der Waals surface area contributed by atoms with E-state index in [0.29, 0.717) is 11.3 Å². The number of amides is 1. The molecular formula is C16H13ClN2O2. The topological polar surface area (TPSA) is 75.3 Å². The molecule has 0 saturated heterocycles. The van der Waals surface area contributed by atoms with Gasteiger partial charge in [0.05, 0.1) is 11.6 Å². The van der Waals surface area contributed by atoms with Gasteiger partial charge >= 0.3 is 0 Å². The van der Waals surface area contributed by atoms with E-state index in [4.69, 9.17) is 17.3 Å². The van der Waals surface area contributed by atoms with Crippen molar-refractivity contribution in [3.63, 3.8) is 0 Å². The van der Waals surface area contributed by atoms with E-state index < -0.39 is 0 Å². The summed E-state index contributed by atoms with van der Waals surface area (Å²) in [6.07, 6.45) is 0. The first-order chi connectivity index (χ1) is 10.1. The van der Waals surface area contributed by atoms with E-state index in [1.807, 2.05) is 6.07 Å². The number of benzene rings is 2. The number of phenolic OH excluding ortho intramolecular Hbond substituents is 1. The molecule has 2 aromatic carbocycles. The fraction of sp³-hybridized carbons (Fsp3) is 0.0625. The number of nitrogens with two attached hydrogens (primary N) is 1. The van der Waals surface area contributed by atoms with Gasteiger partial charge < -0.3 is 16.2 Å². The number of nitrogens with one attached hydrogen (secondary N) is 1. The lowest BCUT2D eigenvalue weighted by atomic mass is 10.1. The number of phenols is 1. The first-order valence-corrected chi connectivity index (χ1v) is 6.57. The molecule has 0 atom stereocenters. The number of halogens is 1. The highest BCUT2D eigenvalue weighted by Gasteiger charge is 2.08. The third-order valence-electron chi connectivity index (χ3n) is 2.67. The van der Waals surface area contributed by atoms with Crippen molar-refractivity contribution < 1.29 is 9.90 Å². The molecule has 106 valence electrons. The Balaban J connectivity index is 2.17. The van der Waals surface area contributed by atoms with Crippen LogP contribution in [0, 0.1) is 11.8 Å². The number of carbonyl (C=O) groups excluding carboxylic acids is 1. The molecule has 21 heavy (non-hydrogen) atoms. The molecule has 0 aliphatic rings. The Morgan fingerprint density at radius 3 is 2.81 bits per heavy atom. The van der Waals surface area contributed by atoms with Gasteiger partial charge in [0.15, 0.2) is 0 Å². The Kier molecular flexibility index (Phi) is 4.83. The van der Waals surface area contributed by atoms with Crippen molar-refractivity contribution in [3.8, 4) is 17.6 Å². The van der Waals surface area contributed by atoms with Gasteiger partial charge in [-0.05, 0) is 36.4 Å². The molecule has 4 nitrogen and oxygen atoms in total. The van der Waals surface area contributed by atoms with Crippen LogP contribution in [-0.4, -0.2) is 17.6 Å². The van der Waals surface area contributed by atoms with Crippen LogP contribution in [0.5, 0.6) is 5.75 Å². The maximum absolute atomic E-state index is 12.1. The molecule has 0 radical (unpaired) electrons. The van der Waals surface area contributed by atoms with Crippen molar-refractivity contribution in [1.29, 1.82) is 0 Å². The van der Waals surface area contributed by atoms with Gasteiger partial charge in [-0.1, -0.05) is 29.5 Å². The Morgan fingerprint density at radius 1 is 1.29 bits per heavy atom. The molecule has 0 bridgehead atoms. The minimum Gasteiger partial charge on any atom is -0.506 e. The van der Waals surface area contributed by atoms with Crippen molar-refractivity contribution in [3.05, 3.63) is 58.6 Å². The van der Waals surface area contributed by atoms with Crippen LogP contribution in [0.2, 0.25) is 5.02 Å². The number of hydrogen-bond acceptors (Lipinski definition) is 3. The zero-order chi connectivity index (χ0) is 15.2. The van der Waals surface area contributed by atoms with Gasteiger partial charge in [0.25, 0.3) is 5.91 Å². The first-order valence-electron chi connectivity index (χ1n) is 6.19. The van der Waals surface area contributed by atoms with Gasteiger partial charge in [0, 0.05) is 16.8 Å². The summed E-state index contributed by atoms with van der Waals surface area (Å²) in [5, 5.41) is 12.2. The van der Waals surface area contributed by atoms with Crippen molar-refractivity contribution in [2.45, 2.75) is 0 Å². The van der Waals surface area contributed by atoms with E-state index in [0.717, 1.165) is 5.56 Å². The van der Waals surface area contributed by atoms with E-state index in [2.05, 4.69) is 17.2 Å². The summed E-state index contributed by atoms with van der Waals surface area (Å²) in [5.41, 5.74) is 7.06. The van der Waals surface area contributed by atoms with Crippen LogP contribution >= 0.6 is 11.6 Å². The minimum absolute atomic E-state index is 0.0627. The average Bonchev–Trinajstić information content (AvgIpc) is 2.48. The minimum atomic E-state index is -0.319. The molecular weight excluding hydrogens is 288 g/mol. The van der Waals surface area contributed by atoms with Crippen molar-refractivity contribution >= 4 is 23.2 Å². The largest absolute Gasteiger partial charge is 0.506 e. The predicted octanol–water partition coefficient (Wildman–Crippen LogP) is 2.61. The molecule has 2 aromatic rings. The number of carbonyl (C=O) groups is 1. The van der Waals surface area contributed by atoms with Crippen LogP contribution in [0.15, 0.2) is 42.5 Å². The summed E-state index contributed by atoms with van der Waals surface area (Å²) < 4.78 is 0. The summed E-state index contributed by atoms with van der Waals surface area (Å²) in [4.78, 5) is 12.1. The lowest BCUT2D eigenvalue weighted by Crippen LogP contribution is -2.11. The third kappa shape index (κ3) is 3.99. The highest BCUT2D eigenvalue weighted by atomic mass is 35.5. The van der Waals surface area contributed by atoms with Gasteiger partial charge in [-0.15, -0.1) is 0 Å². The fourth-order valence-electron chi connectivity index (χ4n) is 1.68. The van der Waals surface area contributed by atoms with Gasteiger partial charge in [-0.2, -0.15) is 0 Å². The second-order valence-electron chi connectivity index (χ2n) is 4.21. The SMILES string of the molecule is NCC#Cc1cccc(NC(=O)c2ccc(O)c(Cl)c2)c1.